The first-order valence-electron chi connectivity index (χ1n) is 5.05. The molecule has 0 atom stereocenters. The Balaban J connectivity index is 2.39. The summed E-state index contributed by atoms with van der Waals surface area (Å²) in [6, 6.07) is 6.03. The molecule has 0 saturated heterocycles. The van der Waals surface area contributed by atoms with E-state index in [9.17, 15) is 23.6 Å². The van der Waals surface area contributed by atoms with Gasteiger partial charge in [-0.2, -0.15) is 0 Å². The molecule has 106 valence electrons. The molecule has 1 aromatic carbocycles. The number of hydrogen-bond donors (Lipinski definition) is 2. The Labute approximate surface area is 126 Å². The van der Waals surface area contributed by atoms with Gasteiger partial charge in [0.25, 0.3) is 15.7 Å². The minimum atomic E-state index is -3.90. The zero-order chi connectivity index (χ0) is 14.9. The molecule has 0 aliphatic heterocycles. The fraction of sp³-hybridized carbons (Fsp3) is 0. The Morgan fingerprint density at radius 3 is 2.55 bits per heavy atom. The number of aromatic hydroxyl groups is 1. The number of nitrogens with zero attached hydrogens (tertiary/aromatic N) is 1. The number of nitro groups is 1. The van der Waals surface area contributed by atoms with Gasteiger partial charge < -0.3 is 5.11 Å². The molecule has 0 bridgehead atoms. The summed E-state index contributed by atoms with van der Waals surface area (Å²) in [5.74, 6) is -0.394. The lowest BCUT2D eigenvalue weighted by Crippen LogP contribution is -2.11. The second-order valence-corrected chi connectivity index (χ2v) is 7.99. The summed E-state index contributed by atoms with van der Waals surface area (Å²) in [5, 5.41) is 20.2. The molecule has 2 N–H and O–H groups in total. The van der Waals surface area contributed by atoms with Gasteiger partial charge in [0.2, 0.25) is 0 Å². The molecular formula is C10H7BrN2O5S2. The highest BCUT2D eigenvalue weighted by atomic mass is 79.9. The smallest absolute Gasteiger partial charge is 0.271 e. The van der Waals surface area contributed by atoms with Crippen molar-refractivity contribution in [2.75, 3.05) is 4.72 Å². The van der Waals surface area contributed by atoms with Gasteiger partial charge in [-0.05, 0) is 34.1 Å². The third kappa shape index (κ3) is 3.08. The van der Waals surface area contributed by atoms with E-state index in [4.69, 9.17) is 0 Å². The third-order valence-electron chi connectivity index (χ3n) is 2.25. The van der Waals surface area contributed by atoms with E-state index in [0.29, 0.717) is 3.79 Å². The van der Waals surface area contributed by atoms with Crippen LogP contribution < -0.4 is 4.72 Å². The van der Waals surface area contributed by atoms with E-state index in [1.807, 2.05) is 0 Å². The number of anilines is 1. The highest BCUT2D eigenvalue weighted by molar-refractivity contribution is 9.11. The summed E-state index contributed by atoms with van der Waals surface area (Å²) in [6.45, 7) is 0. The first-order valence-corrected chi connectivity index (χ1v) is 8.14. The Kier molecular flexibility index (Phi) is 3.97. The highest BCUT2D eigenvalue weighted by Crippen LogP contribution is 2.32. The molecule has 1 heterocycles. The second kappa shape index (κ2) is 5.38. The van der Waals surface area contributed by atoms with E-state index in [2.05, 4.69) is 20.7 Å². The minimum Gasteiger partial charge on any atom is -0.506 e. The fourth-order valence-corrected chi connectivity index (χ4v) is 4.43. The van der Waals surface area contributed by atoms with Crippen molar-refractivity contribution >= 4 is 48.7 Å². The number of nitrogens with one attached hydrogen (secondary N) is 1. The standard InChI is InChI=1S/C10H7BrN2O5S2/c11-9-3-4-10(19-9)20(17,18)12-7-5-6(13(15)16)1-2-8(7)14/h1-5,12,14H. The maximum Gasteiger partial charge on any atom is 0.271 e. The van der Waals surface area contributed by atoms with Gasteiger partial charge >= 0.3 is 0 Å². The normalized spacial score (nSPS) is 11.2. The number of nitro benzene ring substituents is 1. The van der Waals surface area contributed by atoms with Crippen LogP contribution in [0, 0.1) is 10.1 Å². The molecule has 0 unspecified atom stereocenters. The average molecular weight is 379 g/mol. The Morgan fingerprint density at radius 2 is 2.00 bits per heavy atom. The summed E-state index contributed by atoms with van der Waals surface area (Å²) in [5.41, 5.74) is -0.573. The number of benzene rings is 1. The second-order valence-electron chi connectivity index (χ2n) is 3.62. The van der Waals surface area contributed by atoms with Crippen LogP contribution in [0.2, 0.25) is 0 Å². The lowest BCUT2D eigenvalue weighted by molar-refractivity contribution is -0.384. The van der Waals surface area contributed by atoms with Crippen LogP contribution in [0.5, 0.6) is 5.75 Å². The molecule has 0 aliphatic rings. The molecule has 0 fully saturated rings. The van der Waals surface area contributed by atoms with Gasteiger partial charge in [-0.1, -0.05) is 0 Å². The Bertz CT molecular complexity index is 772. The van der Waals surface area contributed by atoms with Gasteiger partial charge in [0.1, 0.15) is 9.96 Å². The molecule has 0 amide bonds. The van der Waals surface area contributed by atoms with Crippen molar-refractivity contribution in [3.63, 3.8) is 0 Å². The maximum absolute atomic E-state index is 12.0. The van der Waals surface area contributed by atoms with Gasteiger partial charge in [0.05, 0.1) is 14.4 Å². The maximum atomic E-state index is 12.0. The number of thiophene rings is 1. The summed E-state index contributed by atoms with van der Waals surface area (Å²) in [7, 11) is -3.90. The number of sulfonamides is 1. The quantitative estimate of drug-likeness (QED) is 0.482. The van der Waals surface area contributed by atoms with E-state index in [-0.39, 0.29) is 15.6 Å². The number of phenols is 1. The van der Waals surface area contributed by atoms with Crippen LogP contribution >= 0.6 is 27.3 Å². The van der Waals surface area contributed by atoms with Gasteiger partial charge in [0.15, 0.2) is 0 Å². The number of halogens is 1. The predicted octanol–water partition coefficient (Wildman–Crippen LogP) is 2.93. The summed E-state index contributed by atoms with van der Waals surface area (Å²) in [4.78, 5) is 9.96. The van der Waals surface area contributed by atoms with Crippen LogP contribution in [-0.4, -0.2) is 18.4 Å². The van der Waals surface area contributed by atoms with Crippen LogP contribution in [-0.2, 0) is 10.0 Å². The number of phenolic OH excluding ortho intramolecular Hbond substituents is 1. The topological polar surface area (TPSA) is 110 Å². The third-order valence-corrected chi connectivity index (χ3v) is 5.73. The largest absolute Gasteiger partial charge is 0.506 e. The first kappa shape index (κ1) is 14.8. The molecule has 1 aromatic heterocycles. The van der Waals surface area contributed by atoms with Gasteiger partial charge in [-0.3, -0.25) is 14.8 Å². The molecule has 2 aromatic rings. The number of rotatable bonds is 4. The molecule has 0 spiro atoms. The lowest BCUT2D eigenvalue weighted by atomic mass is 10.2. The van der Waals surface area contributed by atoms with Crippen molar-refractivity contribution in [3.05, 3.63) is 44.2 Å². The van der Waals surface area contributed by atoms with Crippen LogP contribution in [0.15, 0.2) is 38.3 Å². The van der Waals surface area contributed by atoms with Crippen molar-refractivity contribution < 1.29 is 18.4 Å². The molecule has 7 nitrogen and oxygen atoms in total. The van der Waals surface area contributed by atoms with E-state index in [0.717, 1.165) is 29.5 Å². The lowest BCUT2D eigenvalue weighted by Gasteiger charge is -2.07. The number of non-ortho nitro benzene ring substituents is 1. The van der Waals surface area contributed by atoms with Crippen LogP contribution in [0.3, 0.4) is 0 Å². The first-order chi connectivity index (χ1) is 9.29. The Hall–Kier alpha value is -1.65. The molecular weight excluding hydrogens is 372 g/mol. The zero-order valence-corrected chi connectivity index (χ0v) is 12.8. The van der Waals surface area contributed by atoms with Gasteiger partial charge in [-0.25, -0.2) is 8.42 Å². The van der Waals surface area contributed by atoms with Crippen molar-refractivity contribution in [1.82, 2.24) is 0 Å². The fourth-order valence-electron chi connectivity index (χ4n) is 1.36. The van der Waals surface area contributed by atoms with E-state index >= 15 is 0 Å². The molecule has 0 saturated carbocycles. The molecule has 0 radical (unpaired) electrons. The summed E-state index contributed by atoms with van der Waals surface area (Å²) >= 11 is 4.12. The highest BCUT2D eigenvalue weighted by Gasteiger charge is 2.20. The monoisotopic (exact) mass is 378 g/mol. The predicted molar refractivity (Wildman–Crippen MR) is 77.6 cm³/mol. The van der Waals surface area contributed by atoms with Gasteiger partial charge in [-0.15, -0.1) is 11.3 Å². The van der Waals surface area contributed by atoms with Crippen molar-refractivity contribution in [2.24, 2.45) is 0 Å². The van der Waals surface area contributed by atoms with Crippen molar-refractivity contribution in [3.8, 4) is 5.75 Å². The van der Waals surface area contributed by atoms with Gasteiger partial charge in [0, 0.05) is 12.1 Å². The molecule has 20 heavy (non-hydrogen) atoms. The minimum absolute atomic E-state index is 0.0234. The average Bonchev–Trinajstić information content (AvgIpc) is 2.79. The van der Waals surface area contributed by atoms with Crippen LogP contribution in [0.4, 0.5) is 11.4 Å². The molecule has 10 heteroatoms. The van der Waals surface area contributed by atoms with Crippen LogP contribution in [0.25, 0.3) is 0 Å². The van der Waals surface area contributed by atoms with E-state index in [1.165, 1.54) is 6.07 Å². The Morgan fingerprint density at radius 1 is 1.30 bits per heavy atom. The van der Waals surface area contributed by atoms with E-state index < -0.39 is 20.7 Å². The van der Waals surface area contributed by atoms with Crippen molar-refractivity contribution in [1.29, 1.82) is 0 Å². The number of hydrogen-bond acceptors (Lipinski definition) is 6. The molecule has 0 aliphatic carbocycles. The van der Waals surface area contributed by atoms with Crippen LogP contribution in [0.1, 0.15) is 0 Å². The van der Waals surface area contributed by atoms with E-state index in [1.54, 1.807) is 6.07 Å². The SMILES string of the molecule is O=[N+]([O-])c1ccc(O)c(NS(=O)(=O)c2ccc(Br)s2)c1. The summed E-state index contributed by atoms with van der Waals surface area (Å²) in [6.07, 6.45) is 0. The summed E-state index contributed by atoms with van der Waals surface area (Å²) < 4.78 is 26.9. The molecule has 2 rings (SSSR count). The zero-order valence-electron chi connectivity index (χ0n) is 9.61. The van der Waals surface area contributed by atoms with Crippen molar-refractivity contribution in [2.45, 2.75) is 4.21 Å².